The van der Waals surface area contributed by atoms with Crippen LogP contribution in [0.15, 0.2) is 48.5 Å². The molecule has 9 heteroatoms. The second kappa shape index (κ2) is 9.21. The molecule has 1 saturated heterocycles. The van der Waals surface area contributed by atoms with E-state index in [9.17, 15) is 24.6 Å². The Morgan fingerprint density at radius 3 is 2.24 bits per heavy atom. The Hall–Kier alpha value is -3.43. The van der Waals surface area contributed by atoms with Crippen LogP contribution in [0.25, 0.3) is 11.1 Å². The van der Waals surface area contributed by atoms with E-state index in [0.29, 0.717) is 0 Å². The van der Waals surface area contributed by atoms with Gasteiger partial charge in [0.2, 0.25) is 5.91 Å². The first kappa shape index (κ1) is 22.8. The molecule has 0 saturated carbocycles. The maximum Gasteiger partial charge on any atom is 0.408 e. The van der Waals surface area contributed by atoms with Gasteiger partial charge in [0.1, 0.15) is 12.1 Å². The number of ether oxygens (including phenoxy) is 2. The van der Waals surface area contributed by atoms with Gasteiger partial charge in [0.25, 0.3) is 0 Å². The summed E-state index contributed by atoms with van der Waals surface area (Å²) in [4.78, 5) is 36.9. The average Bonchev–Trinajstić information content (AvgIpc) is 3.39. The highest BCUT2D eigenvalue weighted by molar-refractivity contribution is 5.93. The number of aliphatic hydroxyl groups excluding tert-OH is 1. The number of carbonyl (C=O) groups excluding carboxylic acids is 2. The molecule has 0 bridgehead atoms. The maximum atomic E-state index is 12.9. The highest BCUT2D eigenvalue weighted by Crippen LogP contribution is 2.44. The van der Waals surface area contributed by atoms with Crippen molar-refractivity contribution in [2.24, 2.45) is 0 Å². The lowest BCUT2D eigenvalue weighted by atomic mass is 9.96. The Morgan fingerprint density at radius 2 is 1.73 bits per heavy atom. The monoisotopic (exact) mass is 454 g/mol. The van der Waals surface area contributed by atoms with Crippen LogP contribution in [0.1, 0.15) is 30.4 Å². The summed E-state index contributed by atoms with van der Waals surface area (Å²) in [6.07, 6.45) is -1.98. The smallest absolute Gasteiger partial charge is 0.408 e. The van der Waals surface area contributed by atoms with Crippen LogP contribution in [0, 0.1) is 0 Å². The highest BCUT2D eigenvalue weighted by atomic mass is 16.6. The first-order valence-corrected chi connectivity index (χ1v) is 10.7. The number of hydrogen-bond acceptors (Lipinski definition) is 6. The number of carboxylic acid groups (broad SMARTS) is 1. The van der Waals surface area contributed by atoms with Crippen LogP contribution in [-0.2, 0) is 19.1 Å². The van der Waals surface area contributed by atoms with E-state index in [1.54, 1.807) is 0 Å². The van der Waals surface area contributed by atoms with E-state index in [-0.39, 0.29) is 32.2 Å². The molecule has 2 aromatic carbocycles. The fourth-order valence-electron chi connectivity index (χ4n) is 4.40. The van der Waals surface area contributed by atoms with E-state index >= 15 is 0 Å². The molecule has 9 nitrogen and oxygen atoms in total. The summed E-state index contributed by atoms with van der Waals surface area (Å²) in [6.45, 7) is 1.42. The lowest BCUT2D eigenvalue weighted by Gasteiger charge is -2.29. The molecule has 0 aromatic heterocycles. The van der Waals surface area contributed by atoms with Gasteiger partial charge in [0.05, 0.1) is 12.7 Å². The van der Waals surface area contributed by atoms with Crippen LogP contribution in [0.2, 0.25) is 0 Å². The lowest BCUT2D eigenvalue weighted by Crippen LogP contribution is -2.63. The molecule has 0 radical (unpaired) electrons. The number of fused-ring (bicyclic) bond motifs is 3. The van der Waals surface area contributed by atoms with Crippen molar-refractivity contribution in [1.82, 2.24) is 10.6 Å². The number of aliphatic hydroxyl groups is 1. The molecule has 1 aliphatic carbocycles. The van der Waals surface area contributed by atoms with Crippen LogP contribution in [0.4, 0.5) is 4.79 Å². The third-order valence-electron chi connectivity index (χ3n) is 6.18. The molecule has 2 aromatic rings. The Balaban J connectivity index is 1.45. The summed E-state index contributed by atoms with van der Waals surface area (Å²) in [5.74, 6) is -2.27. The predicted octanol–water partition coefficient (Wildman–Crippen LogP) is 1.63. The van der Waals surface area contributed by atoms with Crippen molar-refractivity contribution < 1.29 is 34.1 Å². The van der Waals surface area contributed by atoms with Crippen molar-refractivity contribution in [2.45, 2.75) is 36.9 Å². The Labute approximate surface area is 190 Å². The number of aliphatic carboxylic acids is 1. The van der Waals surface area contributed by atoms with Gasteiger partial charge in [-0.3, -0.25) is 4.79 Å². The first-order valence-electron chi connectivity index (χ1n) is 10.7. The summed E-state index contributed by atoms with van der Waals surface area (Å²) in [7, 11) is 0. The van der Waals surface area contributed by atoms with E-state index < -0.39 is 35.7 Å². The summed E-state index contributed by atoms with van der Waals surface area (Å²) in [6, 6.07) is 14.4. The summed E-state index contributed by atoms with van der Waals surface area (Å²) in [5, 5.41) is 23.8. The zero-order chi connectivity index (χ0) is 23.6. The zero-order valence-electron chi connectivity index (χ0n) is 18.1. The van der Waals surface area contributed by atoms with Crippen LogP contribution >= 0.6 is 0 Å². The largest absolute Gasteiger partial charge is 0.480 e. The minimum atomic E-state index is -1.51. The molecule has 174 valence electrons. The molecule has 3 atom stereocenters. The number of benzene rings is 2. The molecule has 0 spiro atoms. The molecular weight excluding hydrogens is 428 g/mol. The molecule has 2 aliphatic rings. The normalized spacial score (nSPS) is 20.9. The van der Waals surface area contributed by atoms with Gasteiger partial charge in [0.15, 0.2) is 6.04 Å². The van der Waals surface area contributed by atoms with Gasteiger partial charge in [0, 0.05) is 18.9 Å². The molecule has 2 amide bonds. The standard InChI is InChI=1S/C24H26N2O7/c1-14(27)20(21(28)29)25-22(30)24(10-11-32-13-24)26-23(31)33-12-19-17-8-4-2-6-15(17)16-7-3-5-9-18(16)19/h2-9,14,19-20,27H,10-13H2,1H3,(H,25,30)(H,26,31)(H,28,29). The average molecular weight is 454 g/mol. The van der Waals surface area contributed by atoms with Gasteiger partial charge < -0.3 is 30.3 Å². The minimum Gasteiger partial charge on any atom is -0.480 e. The number of rotatable bonds is 7. The zero-order valence-corrected chi connectivity index (χ0v) is 18.1. The van der Waals surface area contributed by atoms with Crippen molar-refractivity contribution in [1.29, 1.82) is 0 Å². The van der Waals surface area contributed by atoms with Gasteiger partial charge in [-0.15, -0.1) is 0 Å². The minimum absolute atomic E-state index is 0.0733. The summed E-state index contributed by atoms with van der Waals surface area (Å²) >= 11 is 0. The van der Waals surface area contributed by atoms with E-state index in [1.165, 1.54) is 6.92 Å². The molecule has 1 fully saturated rings. The third kappa shape index (κ3) is 4.42. The number of carboxylic acids is 1. The van der Waals surface area contributed by atoms with Gasteiger partial charge in [-0.25, -0.2) is 9.59 Å². The van der Waals surface area contributed by atoms with Crippen LogP contribution in [0.3, 0.4) is 0 Å². The van der Waals surface area contributed by atoms with E-state index in [2.05, 4.69) is 10.6 Å². The number of alkyl carbamates (subject to hydrolysis) is 1. The van der Waals surface area contributed by atoms with Crippen molar-refractivity contribution in [3.05, 3.63) is 59.7 Å². The van der Waals surface area contributed by atoms with Crippen LogP contribution in [0.5, 0.6) is 0 Å². The van der Waals surface area contributed by atoms with Gasteiger partial charge >= 0.3 is 12.1 Å². The van der Waals surface area contributed by atoms with Gasteiger partial charge in [-0.1, -0.05) is 48.5 Å². The number of hydrogen-bond donors (Lipinski definition) is 4. The summed E-state index contributed by atoms with van der Waals surface area (Å²) < 4.78 is 10.8. The van der Waals surface area contributed by atoms with Crippen molar-refractivity contribution in [3.63, 3.8) is 0 Å². The first-order chi connectivity index (χ1) is 15.8. The number of amides is 2. The Bertz CT molecular complexity index is 1020. The summed E-state index contributed by atoms with van der Waals surface area (Å²) in [5.41, 5.74) is 2.83. The molecule has 1 aliphatic heterocycles. The second-order valence-electron chi connectivity index (χ2n) is 8.37. The van der Waals surface area contributed by atoms with Crippen molar-refractivity contribution >= 4 is 18.0 Å². The van der Waals surface area contributed by atoms with E-state index in [4.69, 9.17) is 9.47 Å². The van der Waals surface area contributed by atoms with Crippen LogP contribution in [-0.4, -0.2) is 65.7 Å². The van der Waals surface area contributed by atoms with E-state index in [0.717, 1.165) is 22.3 Å². The predicted molar refractivity (Wildman–Crippen MR) is 118 cm³/mol. The molecule has 4 N–H and O–H groups in total. The second-order valence-corrected chi connectivity index (χ2v) is 8.37. The third-order valence-corrected chi connectivity index (χ3v) is 6.18. The topological polar surface area (TPSA) is 134 Å². The molecule has 4 rings (SSSR count). The van der Waals surface area contributed by atoms with Crippen molar-refractivity contribution in [2.75, 3.05) is 19.8 Å². The fraction of sp³-hybridized carbons (Fsp3) is 0.375. The highest BCUT2D eigenvalue weighted by Gasteiger charge is 2.46. The Kier molecular flexibility index (Phi) is 6.35. The van der Waals surface area contributed by atoms with Gasteiger partial charge in [-0.2, -0.15) is 0 Å². The van der Waals surface area contributed by atoms with E-state index in [1.807, 2.05) is 48.5 Å². The molecule has 33 heavy (non-hydrogen) atoms. The number of nitrogens with one attached hydrogen (secondary N) is 2. The quantitative estimate of drug-likeness (QED) is 0.500. The number of carbonyl (C=O) groups is 3. The van der Waals surface area contributed by atoms with Gasteiger partial charge in [-0.05, 0) is 29.2 Å². The lowest BCUT2D eigenvalue weighted by molar-refractivity contribution is -0.146. The molecule has 1 heterocycles. The molecular formula is C24H26N2O7. The molecule has 3 unspecified atom stereocenters. The van der Waals surface area contributed by atoms with Crippen LogP contribution < -0.4 is 10.6 Å². The van der Waals surface area contributed by atoms with Crippen molar-refractivity contribution in [3.8, 4) is 11.1 Å². The fourth-order valence-corrected chi connectivity index (χ4v) is 4.40. The SMILES string of the molecule is CC(O)C(NC(=O)C1(NC(=O)OCC2c3ccccc3-c3ccccc32)CCOC1)C(=O)O. The maximum absolute atomic E-state index is 12.9. The Morgan fingerprint density at radius 1 is 1.12 bits per heavy atom.